The molecule has 0 aromatic heterocycles. The third-order valence-electron chi connectivity index (χ3n) is 7.91. The number of hydrogen-bond donors (Lipinski definition) is 2. The molecule has 2 unspecified atom stereocenters. The van der Waals surface area contributed by atoms with E-state index in [0.29, 0.717) is 17.9 Å². The first-order valence-electron chi connectivity index (χ1n) is 13.7. The van der Waals surface area contributed by atoms with Crippen LogP contribution in [0.25, 0.3) is 12.2 Å². The van der Waals surface area contributed by atoms with Gasteiger partial charge in [-0.15, -0.1) is 0 Å². The van der Waals surface area contributed by atoms with Crippen molar-refractivity contribution in [2.45, 2.75) is 38.5 Å². The summed E-state index contributed by atoms with van der Waals surface area (Å²) >= 11 is 6.26. The fraction of sp³-hybridized carbons (Fsp3) is 0.200. The van der Waals surface area contributed by atoms with Gasteiger partial charge in [0.05, 0.1) is 11.1 Å². The van der Waals surface area contributed by atoms with Crippen molar-refractivity contribution in [3.63, 3.8) is 0 Å². The highest BCUT2D eigenvalue weighted by molar-refractivity contribution is 6.30. The molecular weight excluding hydrogens is 539 g/mol. The molecule has 0 bridgehead atoms. The van der Waals surface area contributed by atoms with Gasteiger partial charge in [-0.3, -0.25) is 0 Å². The molecule has 2 aliphatic carbocycles. The van der Waals surface area contributed by atoms with E-state index in [-0.39, 0.29) is 22.9 Å². The Kier molecular flexibility index (Phi) is 8.36. The van der Waals surface area contributed by atoms with E-state index in [2.05, 4.69) is 37.3 Å². The fourth-order valence-corrected chi connectivity index (χ4v) is 6.21. The van der Waals surface area contributed by atoms with Crippen LogP contribution in [0.5, 0.6) is 0 Å². The Balaban J connectivity index is 0.000000423. The molecule has 0 saturated carbocycles. The third kappa shape index (κ3) is 5.96. The maximum Gasteiger partial charge on any atom is 0.335 e. The molecule has 0 amide bonds. The fourth-order valence-electron chi connectivity index (χ4n) is 6.03. The van der Waals surface area contributed by atoms with Gasteiger partial charge in [-0.05, 0) is 106 Å². The number of fused-ring (bicyclic) bond motifs is 4. The zero-order valence-electron chi connectivity index (χ0n) is 22.6. The summed E-state index contributed by atoms with van der Waals surface area (Å²) in [5.41, 5.74) is 3.26. The van der Waals surface area contributed by atoms with Gasteiger partial charge in [-0.25, -0.2) is 14.0 Å². The van der Waals surface area contributed by atoms with Crippen LogP contribution in [0.15, 0.2) is 78.9 Å². The Labute approximate surface area is 242 Å². The zero-order chi connectivity index (χ0) is 29.1. The van der Waals surface area contributed by atoms with Crippen LogP contribution in [-0.4, -0.2) is 22.2 Å². The van der Waals surface area contributed by atoms with Gasteiger partial charge in [-0.1, -0.05) is 73.1 Å². The quantitative estimate of drug-likeness (QED) is 0.280. The summed E-state index contributed by atoms with van der Waals surface area (Å²) < 4.78 is 11.9. The van der Waals surface area contributed by atoms with Crippen molar-refractivity contribution in [2.24, 2.45) is 5.92 Å². The molecule has 0 fully saturated rings. The minimum Gasteiger partial charge on any atom is -0.478 e. The Morgan fingerprint density at radius 1 is 0.854 bits per heavy atom. The van der Waals surface area contributed by atoms with E-state index < -0.39 is 11.9 Å². The lowest BCUT2D eigenvalue weighted by Crippen LogP contribution is -2.26. The van der Waals surface area contributed by atoms with Crippen LogP contribution in [0, 0.1) is 22.2 Å². The van der Waals surface area contributed by atoms with Crippen LogP contribution >= 0.6 is 11.6 Å². The lowest BCUT2D eigenvalue weighted by atomic mass is 9.78. The number of rotatable bonds is 5. The molecule has 6 heteroatoms. The lowest BCUT2D eigenvalue weighted by Gasteiger charge is -2.26. The summed E-state index contributed by atoms with van der Waals surface area (Å²) in [4.78, 5) is 23.5. The molecule has 2 N–H and O–H groups in total. The van der Waals surface area contributed by atoms with Crippen molar-refractivity contribution in [1.82, 2.24) is 0 Å². The summed E-state index contributed by atoms with van der Waals surface area (Å²) in [5, 5.41) is 24.8. The molecule has 0 aliphatic heterocycles. The number of carboxylic acids is 2. The van der Waals surface area contributed by atoms with Crippen molar-refractivity contribution in [1.29, 1.82) is 0 Å². The standard InChI is InChI=1S/C29H25ClO4.C6H5F/c1-2-17-14-19-15-20(30)8-11-21(19)23-10-7-18-12-16(6-9-22(18)27(17)23)13-26-24(28(31)32)4-3-5-25(26)29(33)34;7-6-4-2-1-3-5-6/h3-5,7-8,10-12,14-17H,2,6,9,13H2,1H3,(H,31,32)(H,33,34);1-5H. The average molecular weight is 569 g/mol. The van der Waals surface area contributed by atoms with Crippen LogP contribution in [0.3, 0.4) is 0 Å². The maximum atomic E-state index is 11.9. The van der Waals surface area contributed by atoms with Crippen molar-refractivity contribution >= 4 is 35.7 Å². The van der Waals surface area contributed by atoms with Gasteiger partial charge in [0.25, 0.3) is 0 Å². The molecule has 0 saturated heterocycles. The number of carboxylic acid groups (broad SMARTS) is 2. The van der Waals surface area contributed by atoms with Crippen molar-refractivity contribution in [2.75, 3.05) is 0 Å². The van der Waals surface area contributed by atoms with E-state index in [1.54, 1.807) is 18.2 Å². The largest absolute Gasteiger partial charge is 0.478 e. The molecule has 6 rings (SSSR count). The molecule has 0 radical (unpaired) electrons. The molecule has 4 aromatic carbocycles. The Morgan fingerprint density at radius 3 is 2.15 bits per heavy atom. The molecule has 0 heterocycles. The third-order valence-corrected chi connectivity index (χ3v) is 8.14. The van der Waals surface area contributed by atoms with Crippen molar-refractivity contribution in [3.8, 4) is 0 Å². The predicted octanol–water partition coefficient (Wildman–Crippen LogP) is 6.72. The van der Waals surface area contributed by atoms with Gasteiger partial charge in [0.2, 0.25) is 0 Å². The molecule has 208 valence electrons. The van der Waals surface area contributed by atoms with E-state index in [1.807, 2.05) is 12.1 Å². The van der Waals surface area contributed by atoms with E-state index in [1.165, 1.54) is 62.3 Å². The molecule has 0 spiro atoms. The van der Waals surface area contributed by atoms with Gasteiger partial charge in [0, 0.05) is 10.9 Å². The first kappa shape index (κ1) is 28.3. The highest BCUT2D eigenvalue weighted by atomic mass is 35.5. The molecule has 41 heavy (non-hydrogen) atoms. The van der Waals surface area contributed by atoms with Gasteiger partial charge in [0.15, 0.2) is 0 Å². The molecule has 2 aliphatic rings. The van der Waals surface area contributed by atoms with Gasteiger partial charge >= 0.3 is 11.9 Å². The first-order chi connectivity index (χ1) is 19.8. The van der Waals surface area contributed by atoms with Gasteiger partial charge in [-0.2, -0.15) is 0 Å². The smallest absolute Gasteiger partial charge is 0.335 e. The van der Waals surface area contributed by atoms with E-state index in [0.717, 1.165) is 24.3 Å². The van der Waals surface area contributed by atoms with Crippen molar-refractivity contribution < 1.29 is 24.2 Å². The van der Waals surface area contributed by atoms with E-state index in [4.69, 9.17) is 11.6 Å². The summed E-state index contributed by atoms with van der Waals surface area (Å²) in [5.74, 6) is -1.98. The van der Waals surface area contributed by atoms with Crippen LogP contribution in [0.1, 0.15) is 63.1 Å². The van der Waals surface area contributed by atoms with E-state index >= 15 is 0 Å². The van der Waals surface area contributed by atoms with Crippen LogP contribution < -0.4 is 10.4 Å². The SMILES string of the molecule is CCC1C=c2cc(Cl)ccc2=c2ccc3c(c21)CCC(Cc1c(C(=O)O)cccc1C(=O)O)C=3.Fc1ccccc1. The summed E-state index contributed by atoms with van der Waals surface area (Å²) in [7, 11) is 0. The average Bonchev–Trinajstić information content (AvgIpc) is 2.96. The summed E-state index contributed by atoms with van der Waals surface area (Å²) in [6.07, 6.45) is 7.63. The number of carbonyl (C=O) groups is 2. The molecular formula is C35H30ClFO4. The highest BCUT2D eigenvalue weighted by Gasteiger charge is 2.25. The Bertz CT molecular complexity index is 1820. The van der Waals surface area contributed by atoms with Crippen molar-refractivity contribution in [3.05, 3.63) is 138 Å². The Hall–Kier alpha value is -4.22. The monoisotopic (exact) mass is 568 g/mol. The van der Waals surface area contributed by atoms with Gasteiger partial charge < -0.3 is 10.2 Å². The number of hydrogen-bond acceptors (Lipinski definition) is 2. The van der Waals surface area contributed by atoms with Crippen LogP contribution in [-0.2, 0) is 12.8 Å². The van der Waals surface area contributed by atoms with E-state index in [9.17, 15) is 24.2 Å². The zero-order valence-corrected chi connectivity index (χ0v) is 23.4. The normalized spacial score (nSPS) is 16.5. The topological polar surface area (TPSA) is 74.6 Å². The second-order valence-electron chi connectivity index (χ2n) is 10.4. The lowest BCUT2D eigenvalue weighted by molar-refractivity contribution is 0.0695. The number of benzene rings is 4. The molecule has 2 atom stereocenters. The molecule has 4 aromatic rings. The van der Waals surface area contributed by atoms with Crippen LogP contribution in [0.4, 0.5) is 4.39 Å². The predicted molar refractivity (Wildman–Crippen MR) is 159 cm³/mol. The maximum absolute atomic E-state index is 11.9. The molecule has 4 nitrogen and oxygen atoms in total. The minimum atomic E-state index is -1.09. The second-order valence-corrected chi connectivity index (χ2v) is 10.9. The number of aromatic carboxylic acids is 2. The number of halogens is 2. The highest BCUT2D eigenvalue weighted by Crippen LogP contribution is 2.31. The minimum absolute atomic E-state index is 0.0699. The van der Waals surface area contributed by atoms with Crippen LogP contribution in [0.2, 0.25) is 5.02 Å². The summed E-state index contributed by atoms with van der Waals surface area (Å²) in [6.45, 7) is 2.20. The second kappa shape index (κ2) is 12.1. The van der Waals surface area contributed by atoms with Gasteiger partial charge in [0.1, 0.15) is 5.82 Å². The summed E-state index contributed by atoms with van der Waals surface area (Å²) in [6, 6.07) is 22.8. The Morgan fingerprint density at radius 2 is 1.54 bits per heavy atom. The first-order valence-corrected chi connectivity index (χ1v) is 14.1.